The lowest BCUT2D eigenvalue weighted by Crippen LogP contribution is -2.38. The summed E-state index contributed by atoms with van der Waals surface area (Å²) in [5.74, 6) is -0.0713. The van der Waals surface area contributed by atoms with Gasteiger partial charge < -0.3 is 10.4 Å². The van der Waals surface area contributed by atoms with Gasteiger partial charge in [0.15, 0.2) is 0 Å². The Kier molecular flexibility index (Phi) is 4.78. The van der Waals surface area contributed by atoms with E-state index in [2.05, 4.69) is 21.2 Å². The summed E-state index contributed by atoms with van der Waals surface area (Å²) in [6, 6.07) is 11.5. The molecule has 0 aromatic heterocycles. The summed E-state index contributed by atoms with van der Waals surface area (Å²) < 4.78 is 1.02. The number of halogens is 1. The molecule has 0 saturated heterocycles. The Morgan fingerprint density at radius 3 is 2.55 bits per heavy atom. The standard InChI is InChI=1S/C16H18BrNO2/c1-10(9-19)11(2)18-16(20)14-4-3-13-8-15(17)6-5-12(13)7-14/h3-8,10-11,19H,9H2,1-2H3,(H,18,20). The third-order valence-corrected chi connectivity index (χ3v) is 4.06. The predicted molar refractivity (Wildman–Crippen MR) is 84.8 cm³/mol. The van der Waals surface area contributed by atoms with E-state index < -0.39 is 0 Å². The van der Waals surface area contributed by atoms with E-state index >= 15 is 0 Å². The molecule has 2 N–H and O–H groups in total. The Labute approximate surface area is 127 Å². The third-order valence-electron chi connectivity index (χ3n) is 3.56. The fraction of sp³-hybridized carbons (Fsp3) is 0.312. The molecular formula is C16H18BrNO2. The summed E-state index contributed by atoms with van der Waals surface area (Å²) in [6.07, 6.45) is 0. The SMILES string of the molecule is CC(CO)C(C)NC(=O)c1ccc2cc(Br)ccc2c1. The molecule has 1 amide bonds. The highest BCUT2D eigenvalue weighted by Gasteiger charge is 2.15. The van der Waals surface area contributed by atoms with E-state index in [-0.39, 0.29) is 24.5 Å². The molecule has 0 bridgehead atoms. The maximum atomic E-state index is 12.2. The minimum Gasteiger partial charge on any atom is -0.396 e. The molecule has 4 heteroatoms. The second-order valence-electron chi connectivity index (χ2n) is 5.13. The van der Waals surface area contributed by atoms with Gasteiger partial charge in [0, 0.05) is 22.7 Å². The Bertz CT molecular complexity index is 627. The van der Waals surface area contributed by atoms with Crippen LogP contribution in [0.5, 0.6) is 0 Å². The first-order valence-electron chi connectivity index (χ1n) is 6.62. The predicted octanol–water partition coefficient (Wildman–Crippen LogP) is 3.35. The van der Waals surface area contributed by atoms with Crippen molar-refractivity contribution >= 4 is 32.6 Å². The van der Waals surface area contributed by atoms with E-state index in [1.54, 1.807) is 0 Å². The van der Waals surface area contributed by atoms with Crippen LogP contribution in [0, 0.1) is 5.92 Å². The minimum atomic E-state index is -0.109. The van der Waals surface area contributed by atoms with Gasteiger partial charge in [-0.3, -0.25) is 4.79 Å². The summed E-state index contributed by atoms with van der Waals surface area (Å²) in [7, 11) is 0. The van der Waals surface area contributed by atoms with Gasteiger partial charge >= 0.3 is 0 Å². The number of hydrogen-bond donors (Lipinski definition) is 2. The number of carbonyl (C=O) groups is 1. The van der Waals surface area contributed by atoms with Gasteiger partial charge in [0.25, 0.3) is 5.91 Å². The number of carbonyl (C=O) groups excluding carboxylic acids is 1. The van der Waals surface area contributed by atoms with Crippen LogP contribution in [0.4, 0.5) is 0 Å². The summed E-state index contributed by atoms with van der Waals surface area (Å²) in [6.45, 7) is 3.87. The fourth-order valence-corrected chi connectivity index (χ4v) is 2.33. The van der Waals surface area contributed by atoms with E-state index in [0.29, 0.717) is 5.56 Å². The van der Waals surface area contributed by atoms with Crippen LogP contribution in [-0.2, 0) is 0 Å². The summed E-state index contributed by atoms with van der Waals surface area (Å²) in [5, 5.41) is 14.1. The molecule has 2 aromatic rings. The number of rotatable bonds is 4. The monoisotopic (exact) mass is 335 g/mol. The number of hydrogen-bond acceptors (Lipinski definition) is 2. The van der Waals surface area contributed by atoms with Crippen molar-refractivity contribution in [2.24, 2.45) is 5.92 Å². The highest BCUT2D eigenvalue weighted by Crippen LogP contribution is 2.21. The lowest BCUT2D eigenvalue weighted by atomic mass is 10.0. The molecule has 2 unspecified atom stereocenters. The van der Waals surface area contributed by atoms with E-state index in [1.165, 1.54) is 0 Å². The van der Waals surface area contributed by atoms with Crippen LogP contribution in [0.3, 0.4) is 0 Å². The van der Waals surface area contributed by atoms with E-state index in [0.717, 1.165) is 15.2 Å². The molecular weight excluding hydrogens is 318 g/mol. The fourth-order valence-electron chi connectivity index (χ4n) is 1.95. The third kappa shape index (κ3) is 3.38. The highest BCUT2D eigenvalue weighted by atomic mass is 79.9. The Hall–Kier alpha value is -1.39. The molecule has 106 valence electrons. The zero-order valence-corrected chi connectivity index (χ0v) is 13.1. The highest BCUT2D eigenvalue weighted by molar-refractivity contribution is 9.10. The minimum absolute atomic E-state index is 0.0374. The molecule has 0 aliphatic heterocycles. The zero-order valence-electron chi connectivity index (χ0n) is 11.6. The first-order chi connectivity index (χ1) is 9.51. The van der Waals surface area contributed by atoms with E-state index in [9.17, 15) is 4.79 Å². The van der Waals surface area contributed by atoms with Crippen molar-refractivity contribution in [3.05, 3.63) is 46.4 Å². The van der Waals surface area contributed by atoms with E-state index in [4.69, 9.17) is 5.11 Å². The van der Waals surface area contributed by atoms with Crippen LogP contribution in [-0.4, -0.2) is 23.7 Å². The topological polar surface area (TPSA) is 49.3 Å². The molecule has 0 aliphatic carbocycles. The number of nitrogens with one attached hydrogen (secondary N) is 1. The van der Waals surface area contributed by atoms with Crippen molar-refractivity contribution in [3.63, 3.8) is 0 Å². The van der Waals surface area contributed by atoms with Gasteiger partial charge in [-0.25, -0.2) is 0 Å². The van der Waals surface area contributed by atoms with Crippen molar-refractivity contribution in [3.8, 4) is 0 Å². The van der Waals surface area contributed by atoms with Crippen molar-refractivity contribution in [1.82, 2.24) is 5.32 Å². The van der Waals surface area contributed by atoms with Gasteiger partial charge in [0.1, 0.15) is 0 Å². The smallest absolute Gasteiger partial charge is 0.251 e. The van der Waals surface area contributed by atoms with Crippen molar-refractivity contribution in [1.29, 1.82) is 0 Å². The van der Waals surface area contributed by atoms with Crippen LogP contribution in [0.15, 0.2) is 40.9 Å². The molecule has 2 aromatic carbocycles. The van der Waals surface area contributed by atoms with Gasteiger partial charge in [-0.1, -0.05) is 35.0 Å². The zero-order chi connectivity index (χ0) is 14.7. The average Bonchev–Trinajstić information content (AvgIpc) is 2.45. The normalized spacial score (nSPS) is 14.0. The van der Waals surface area contributed by atoms with Gasteiger partial charge in [-0.05, 0) is 47.9 Å². The van der Waals surface area contributed by atoms with Crippen LogP contribution in [0.1, 0.15) is 24.2 Å². The van der Waals surface area contributed by atoms with Crippen LogP contribution >= 0.6 is 15.9 Å². The molecule has 0 heterocycles. The van der Waals surface area contributed by atoms with Gasteiger partial charge in [-0.15, -0.1) is 0 Å². The average molecular weight is 336 g/mol. The molecule has 0 spiro atoms. The summed E-state index contributed by atoms with van der Waals surface area (Å²) in [4.78, 5) is 12.2. The molecule has 2 rings (SSSR count). The number of amides is 1. The number of aliphatic hydroxyl groups is 1. The van der Waals surface area contributed by atoms with Gasteiger partial charge in [0.05, 0.1) is 0 Å². The number of aliphatic hydroxyl groups excluding tert-OH is 1. The molecule has 2 atom stereocenters. The van der Waals surface area contributed by atoms with Gasteiger partial charge in [0.2, 0.25) is 0 Å². The van der Waals surface area contributed by atoms with Gasteiger partial charge in [-0.2, -0.15) is 0 Å². The lowest BCUT2D eigenvalue weighted by molar-refractivity contribution is 0.0916. The largest absolute Gasteiger partial charge is 0.396 e. The van der Waals surface area contributed by atoms with Crippen molar-refractivity contribution in [2.75, 3.05) is 6.61 Å². The van der Waals surface area contributed by atoms with Crippen molar-refractivity contribution < 1.29 is 9.90 Å². The molecule has 0 fully saturated rings. The quantitative estimate of drug-likeness (QED) is 0.900. The van der Waals surface area contributed by atoms with E-state index in [1.807, 2.05) is 50.2 Å². The maximum Gasteiger partial charge on any atom is 0.251 e. The number of benzene rings is 2. The second-order valence-corrected chi connectivity index (χ2v) is 6.04. The van der Waals surface area contributed by atoms with Crippen LogP contribution < -0.4 is 5.32 Å². The first kappa shape index (κ1) is 15.0. The molecule has 20 heavy (non-hydrogen) atoms. The summed E-state index contributed by atoms with van der Waals surface area (Å²) >= 11 is 3.43. The molecule has 3 nitrogen and oxygen atoms in total. The Morgan fingerprint density at radius 1 is 1.20 bits per heavy atom. The van der Waals surface area contributed by atoms with Crippen molar-refractivity contribution in [2.45, 2.75) is 19.9 Å². The summed E-state index contributed by atoms with van der Waals surface area (Å²) in [5.41, 5.74) is 0.636. The Morgan fingerprint density at radius 2 is 1.85 bits per heavy atom. The molecule has 0 saturated carbocycles. The Balaban J connectivity index is 2.20. The first-order valence-corrected chi connectivity index (χ1v) is 7.41. The number of fused-ring (bicyclic) bond motifs is 1. The lowest BCUT2D eigenvalue weighted by Gasteiger charge is -2.19. The maximum absolute atomic E-state index is 12.2. The molecule has 0 radical (unpaired) electrons. The van der Waals surface area contributed by atoms with Crippen LogP contribution in [0.25, 0.3) is 10.8 Å². The second kappa shape index (κ2) is 6.37. The van der Waals surface area contributed by atoms with Crippen LogP contribution in [0.2, 0.25) is 0 Å². The molecule has 0 aliphatic rings.